The summed E-state index contributed by atoms with van der Waals surface area (Å²) in [6.45, 7) is 5.08. The quantitative estimate of drug-likeness (QED) is 0.456. The summed E-state index contributed by atoms with van der Waals surface area (Å²) in [4.78, 5) is 0. The summed E-state index contributed by atoms with van der Waals surface area (Å²) in [5.41, 5.74) is 11.2. The van der Waals surface area contributed by atoms with Crippen molar-refractivity contribution >= 4 is 12.2 Å². The Morgan fingerprint density at radius 3 is 2.50 bits per heavy atom. The molecule has 4 N–H and O–H groups in total. The number of hydrogen-bond donors (Lipinski definition) is 2. The van der Waals surface area contributed by atoms with Gasteiger partial charge >= 0.3 is 0 Å². The molecule has 0 aliphatic rings. The zero-order valence-corrected chi connectivity index (χ0v) is 10.8. The molecular weight excluding hydrogens is 228 g/mol. The zero-order valence-electron chi connectivity index (χ0n) is 10.8. The molecule has 0 unspecified atom stereocenters. The number of ether oxygens (including phenoxy) is 1. The largest absolute Gasteiger partial charge is 0.494 e. The van der Waals surface area contributed by atoms with E-state index in [1.165, 1.54) is 0 Å². The fourth-order valence-electron chi connectivity index (χ4n) is 1.22. The molecule has 0 aliphatic heterocycles. The van der Waals surface area contributed by atoms with Crippen LogP contribution in [0.1, 0.15) is 25.8 Å². The summed E-state index contributed by atoms with van der Waals surface area (Å²) in [6.07, 6.45) is 2.63. The number of hydrogen-bond acceptors (Lipinski definition) is 3. The molecule has 0 spiro atoms. The number of nitrogens with two attached hydrogens (primary N) is 2. The van der Waals surface area contributed by atoms with Crippen LogP contribution in [0.25, 0.3) is 0 Å². The molecular formula is C13H20N4O. The first-order valence-corrected chi connectivity index (χ1v) is 5.92. The average Bonchev–Trinajstić information content (AvgIpc) is 2.30. The molecule has 98 valence electrons. The lowest BCUT2D eigenvalue weighted by Crippen LogP contribution is -2.21. The van der Waals surface area contributed by atoms with Gasteiger partial charge < -0.3 is 16.2 Å². The minimum Gasteiger partial charge on any atom is -0.494 e. The highest BCUT2D eigenvalue weighted by Crippen LogP contribution is 2.12. The summed E-state index contributed by atoms with van der Waals surface area (Å²) in [5, 5.41) is 7.25. The second-order valence-electron chi connectivity index (χ2n) is 4.37. The fraction of sp³-hybridized carbons (Fsp3) is 0.385. The topological polar surface area (TPSA) is 86.0 Å². The minimum atomic E-state index is -0.0557. The summed E-state index contributed by atoms with van der Waals surface area (Å²) in [6, 6.07) is 7.60. The van der Waals surface area contributed by atoms with Crippen molar-refractivity contribution in [2.45, 2.75) is 20.3 Å². The summed E-state index contributed by atoms with van der Waals surface area (Å²) in [7, 11) is 0. The van der Waals surface area contributed by atoms with E-state index in [1.54, 1.807) is 6.21 Å². The molecule has 18 heavy (non-hydrogen) atoms. The number of rotatable bonds is 6. The molecule has 0 saturated carbocycles. The Labute approximate surface area is 108 Å². The van der Waals surface area contributed by atoms with E-state index in [9.17, 15) is 0 Å². The monoisotopic (exact) mass is 248 g/mol. The molecule has 0 aromatic heterocycles. The van der Waals surface area contributed by atoms with E-state index in [4.69, 9.17) is 16.2 Å². The molecule has 0 amide bonds. The lowest BCUT2D eigenvalue weighted by molar-refractivity contribution is 0.289. The van der Waals surface area contributed by atoms with E-state index in [0.717, 1.165) is 24.3 Å². The van der Waals surface area contributed by atoms with Crippen LogP contribution in [-0.2, 0) is 0 Å². The van der Waals surface area contributed by atoms with Gasteiger partial charge in [-0.25, -0.2) is 0 Å². The highest BCUT2D eigenvalue weighted by molar-refractivity contribution is 5.81. The average molecular weight is 248 g/mol. The Kier molecular flexibility index (Phi) is 5.70. The first-order valence-electron chi connectivity index (χ1n) is 5.92. The van der Waals surface area contributed by atoms with Crippen molar-refractivity contribution < 1.29 is 4.74 Å². The lowest BCUT2D eigenvalue weighted by Gasteiger charge is -2.07. The van der Waals surface area contributed by atoms with Gasteiger partial charge in [-0.2, -0.15) is 5.10 Å². The van der Waals surface area contributed by atoms with Crippen LogP contribution in [-0.4, -0.2) is 18.8 Å². The molecule has 0 fully saturated rings. The van der Waals surface area contributed by atoms with Gasteiger partial charge in [-0.1, -0.05) is 13.8 Å². The van der Waals surface area contributed by atoms with Crippen LogP contribution in [0, 0.1) is 5.92 Å². The van der Waals surface area contributed by atoms with Gasteiger partial charge in [0.25, 0.3) is 0 Å². The molecule has 5 nitrogen and oxygen atoms in total. The van der Waals surface area contributed by atoms with E-state index in [-0.39, 0.29) is 5.96 Å². The van der Waals surface area contributed by atoms with Crippen LogP contribution in [0.4, 0.5) is 0 Å². The minimum absolute atomic E-state index is 0.0557. The first-order chi connectivity index (χ1) is 8.58. The summed E-state index contributed by atoms with van der Waals surface area (Å²) < 4.78 is 5.60. The van der Waals surface area contributed by atoms with Gasteiger partial charge in [-0.3, -0.25) is 0 Å². The third-order valence-electron chi connectivity index (χ3n) is 2.22. The van der Waals surface area contributed by atoms with Crippen LogP contribution in [0.3, 0.4) is 0 Å². The fourth-order valence-corrected chi connectivity index (χ4v) is 1.22. The van der Waals surface area contributed by atoms with Crippen LogP contribution >= 0.6 is 0 Å². The Balaban J connectivity index is 2.47. The van der Waals surface area contributed by atoms with Crippen molar-refractivity contribution in [3.05, 3.63) is 29.8 Å². The van der Waals surface area contributed by atoms with Gasteiger partial charge in [0.05, 0.1) is 12.8 Å². The van der Waals surface area contributed by atoms with Crippen molar-refractivity contribution in [2.75, 3.05) is 6.61 Å². The molecule has 0 bridgehead atoms. The van der Waals surface area contributed by atoms with Gasteiger partial charge in [-0.15, -0.1) is 5.10 Å². The van der Waals surface area contributed by atoms with Crippen molar-refractivity contribution in [3.63, 3.8) is 0 Å². The van der Waals surface area contributed by atoms with E-state index in [2.05, 4.69) is 24.1 Å². The Hall–Kier alpha value is -2.04. The van der Waals surface area contributed by atoms with E-state index in [1.807, 2.05) is 24.3 Å². The molecule has 0 aliphatic carbocycles. The van der Waals surface area contributed by atoms with Gasteiger partial charge in [0, 0.05) is 0 Å². The second kappa shape index (κ2) is 7.32. The summed E-state index contributed by atoms with van der Waals surface area (Å²) in [5.74, 6) is 1.45. The third kappa shape index (κ3) is 5.89. The van der Waals surface area contributed by atoms with Crippen LogP contribution < -0.4 is 16.2 Å². The van der Waals surface area contributed by atoms with Gasteiger partial charge in [0.15, 0.2) is 0 Å². The standard InChI is InChI=1S/C13H20N4O/c1-10(2)7-8-18-12-5-3-11(4-6-12)9-16-17-13(14)15/h3-6,9-10H,7-8H2,1-2H3,(H4,14,15,17)/b16-9+. The van der Waals surface area contributed by atoms with E-state index in [0.29, 0.717) is 5.92 Å². The van der Waals surface area contributed by atoms with Gasteiger partial charge in [-0.05, 0) is 42.2 Å². The maximum atomic E-state index is 5.60. The van der Waals surface area contributed by atoms with Gasteiger partial charge in [0.2, 0.25) is 5.96 Å². The maximum Gasteiger partial charge on any atom is 0.211 e. The van der Waals surface area contributed by atoms with E-state index < -0.39 is 0 Å². The second-order valence-corrected chi connectivity index (χ2v) is 4.37. The number of nitrogens with zero attached hydrogens (tertiary/aromatic N) is 2. The number of guanidine groups is 1. The molecule has 1 aromatic carbocycles. The molecule has 0 heterocycles. The highest BCUT2D eigenvalue weighted by atomic mass is 16.5. The van der Waals surface area contributed by atoms with Crippen molar-refractivity contribution in [3.8, 4) is 5.75 Å². The molecule has 5 heteroatoms. The third-order valence-corrected chi connectivity index (χ3v) is 2.22. The Bertz CT molecular complexity index is 406. The molecule has 0 atom stereocenters. The Morgan fingerprint density at radius 2 is 1.94 bits per heavy atom. The highest BCUT2D eigenvalue weighted by Gasteiger charge is 1.96. The first kappa shape index (κ1) is 14.0. The summed E-state index contributed by atoms with van der Waals surface area (Å²) >= 11 is 0. The smallest absolute Gasteiger partial charge is 0.211 e. The van der Waals surface area contributed by atoms with Crippen LogP contribution in [0.15, 0.2) is 34.5 Å². The Morgan fingerprint density at radius 1 is 1.28 bits per heavy atom. The number of benzene rings is 1. The normalized spacial score (nSPS) is 10.8. The molecule has 1 rings (SSSR count). The predicted octanol–water partition coefficient (Wildman–Crippen LogP) is 1.72. The molecule has 1 aromatic rings. The molecule has 0 radical (unpaired) electrons. The molecule has 0 saturated heterocycles. The predicted molar refractivity (Wildman–Crippen MR) is 74.8 cm³/mol. The van der Waals surface area contributed by atoms with E-state index >= 15 is 0 Å². The van der Waals surface area contributed by atoms with Gasteiger partial charge in [0.1, 0.15) is 5.75 Å². The maximum absolute atomic E-state index is 5.60. The SMILES string of the molecule is CC(C)CCOc1ccc(/C=N/N=C(N)N)cc1. The van der Waals surface area contributed by atoms with Crippen molar-refractivity contribution in [1.82, 2.24) is 0 Å². The van der Waals surface area contributed by atoms with Crippen LogP contribution in [0.5, 0.6) is 5.75 Å². The lowest BCUT2D eigenvalue weighted by atomic mass is 10.1. The van der Waals surface area contributed by atoms with Crippen molar-refractivity contribution in [1.29, 1.82) is 0 Å². The van der Waals surface area contributed by atoms with Crippen LogP contribution in [0.2, 0.25) is 0 Å². The zero-order chi connectivity index (χ0) is 13.4. The van der Waals surface area contributed by atoms with Crippen molar-refractivity contribution in [2.24, 2.45) is 27.6 Å².